The van der Waals surface area contributed by atoms with Crippen molar-refractivity contribution in [1.82, 2.24) is 0 Å². The molecule has 0 saturated carbocycles. The Morgan fingerprint density at radius 2 is 1.47 bits per heavy atom. The first-order valence-corrected chi connectivity index (χ1v) is 8.53. The van der Waals surface area contributed by atoms with Crippen LogP contribution in [-0.4, -0.2) is 45.9 Å². The summed E-state index contributed by atoms with van der Waals surface area (Å²) in [5, 5.41) is 0. The summed E-state index contributed by atoms with van der Waals surface area (Å²) in [7, 11) is -6.56. The summed E-state index contributed by atoms with van der Waals surface area (Å²) < 4.78 is 45.0. The van der Waals surface area contributed by atoms with E-state index in [0.717, 1.165) is 0 Å². The molecule has 15 heavy (non-hydrogen) atoms. The lowest BCUT2D eigenvalue weighted by molar-refractivity contribution is 0.580. The van der Waals surface area contributed by atoms with Crippen LogP contribution in [0.4, 0.5) is 0 Å². The fourth-order valence-electron chi connectivity index (χ4n) is 0.926. The summed E-state index contributed by atoms with van der Waals surface area (Å²) in [6.45, 7) is 3.29. The molecule has 1 atom stereocenters. The van der Waals surface area contributed by atoms with Crippen LogP contribution < -0.4 is 5.73 Å². The van der Waals surface area contributed by atoms with Crippen molar-refractivity contribution in [3.63, 3.8) is 0 Å². The zero-order chi connectivity index (χ0) is 12.1. The topological polar surface area (TPSA) is 94.3 Å². The van der Waals surface area contributed by atoms with Gasteiger partial charge >= 0.3 is 0 Å². The molecule has 0 aliphatic carbocycles. The second kappa shape index (κ2) is 5.81. The number of sulfone groups is 2. The van der Waals surface area contributed by atoms with Crippen molar-refractivity contribution < 1.29 is 16.8 Å². The maximum atomic E-state index is 11.4. The number of rotatable bonds is 7. The van der Waals surface area contributed by atoms with E-state index in [2.05, 4.69) is 0 Å². The maximum Gasteiger partial charge on any atom is 0.152 e. The van der Waals surface area contributed by atoms with Gasteiger partial charge in [-0.25, -0.2) is 16.8 Å². The summed E-state index contributed by atoms with van der Waals surface area (Å²) in [5.74, 6) is -0.787. The molecule has 0 amide bonds. The molecule has 0 radical (unpaired) electrons. The third-order valence-electron chi connectivity index (χ3n) is 2.14. The quantitative estimate of drug-likeness (QED) is 0.668. The second-order valence-corrected chi connectivity index (χ2v) is 8.22. The lowest BCUT2D eigenvalue weighted by Gasteiger charge is -2.09. The van der Waals surface area contributed by atoms with Crippen LogP contribution in [0.2, 0.25) is 0 Å². The molecule has 2 N–H and O–H groups in total. The minimum absolute atomic E-state index is 0.0254. The highest BCUT2D eigenvalue weighted by Gasteiger charge is 2.18. The number of hydrogen-bond acceptors (Lipinski definition) is 5. The Bertz CT molecular complexity index is 371. The van der Waals surface area contributed by atoms with E-state index in [9.17, 15) is 16.8 Å². The summed E-state index contributed by atoms with van der Waals surface area (Å²) in [6.07, 6.45) is 0.569. The van der Waals surface area contributed by atoms with E-state index in [0.29, 0.717) is 6.42 Å². The Balaban J connectivity index is 4.30. The first-order valence-electron chi connectivity index (χ1n) is 4.89. The van der Waals surface area contributed by atoms with Crippen LogP contribution in [0.1, 0.15) is 20.3 Å². The monoisotopic (exact) mass is 257 g/mol. The molecule has 0 spiro atoms. The van der Waals surface area contributed by atoms with Gasteiger partial charge in [-0.2, -0.15) is 0 Å². The largest absolute Gasteiger partial charge is 0.327 e. The lowest BCUT2D eigenvalue weighted by Crippen LogP contribution is -2.31. The van der Waals surface area contributed by atoms with Gasteiger partial charge in [0.05, 0.1) is 17.3 Å². The number of hydrogen-bond donors (Lipinski definition) is 1. The maximum absolute atomic E-state index is 11.4. The van der Waals surface area contributed by atoms with Gasteiger partial charge in [-0.3, -0.25) is 0 Å². The molecule has 0 bridgehead atoms. The lowest BCUT2D eigenvalue weighted by atomic mass is 10.3. The standard InChI is InChI=1S/C8H19NO4S2/c1-3-8(9)7-15(12,13)6-5-14(10,11)4-2/h8H,3-7,9H2,1-2H3. The Morgan fingerprint density at radius 1 is 1.00 bits per heavy atom. The zero-order valence-corrected chi connectivity index (χ0v) is 10.8. The average molecular weight is 257 g/mol. The number of nitrogens with two attached hydrogens (primary N) is 1. The normalized spacial score (nSPS) is 15.1. The minimum Gasteiger partial charge on any atom is -0.327 e. The van der Waals surface area contributed by atoms with Gasteiger partial charge in [0.2, 0.25) is 0 Å². The smallest absolute Gasteiger partial charge is 0.152 e. The molecule has 0 aliphatic rings. The molecule has 0 rings (SSSR count). The van der Waals surface area contributed by atoms with E-state index < -0.39 is 25.7 Å². The molecule has 5 nitrogen and oxygen atoms in total. The van der Waals surface area contributed by atoms with E-state index in [-0.39, 0.29) is 23.0 Å². The summed E-state index contributed by atoms with van der Waals surface area (Å²) in [6, 6.07) is -0.403. The Kier molecular flexibility index (Phi) is 5.76. The van der Waals surface area contributed by atoms with E-state index in [4.69, 9.17) is 5.73 Å². The zero-order valence-electron chi connectivity index (χ0n) is 9.14. The fraction of sp³-hybridized carbons (Fsp3) is 1.00. The van der Waals surface area contributed by atoms with Crippen molar-refractivity contribution in [2.45, 2.75) is 26.3 Å². The molecule has 7 heteroatoms. The van der Waals surface area contributed by atoms with Crippen molar-refractivity contribution in [2.75, 3.05) is 23.0 Å². The van der Waals surface area contributed by atoms with Crippen molar-refractivity contribution >= 4 is 19.7 Å². The molecule has 0 saturated heterocycles. The third-order valence-corrected chi connectivity index (χ3v) is 5.86. The van der Waals surface area contributed by atoms with E-state index in [1.165, 1.54) is 6.92 Å². The molecular weight excluding hydrogens is 238 g/mol. The van der Waals surface area contributed by atoms with Crippen molar-refractivity contribution in [3.8, 4) is 0 Å². The molecular formula is C8H19NO4S2. The van der Waals surface area contributed by atoms with Gasteiger partial charge in [-0.15, -0.1) is 0 Å². The Labute approximate surface area is 91.9 Å². The van der Waals surface area contributed by atoms with Crippen molar-refractivity contribution in [2.24, 2.45) is 5.73 Å². The summed E-state index contributed by atoms with van der Waals surface area (Å²) >= 11 is 0. The first-order chi connectivity index (χ1) is 6.72. The van der Waals surface area contributed by atoms with Crippen LogP contribution in [0.15, 0.2) is 0 Å². The van der Waals surface area contributed by atoms with E-state index >= 15 is 0 Å². The van der Waals surface area contributed by atoms with Crippen LogP contribution in [0.3, 0.4) is 0 Å². The summed E-state index contributed by atoms with van der Waals surface area (Å²) in [5.41, 5.74) is 5.50. The highest BCUT2D eigenvalue weighted by atomic mass is 32.2. The molecule has 0 heterocycles. The molecule has 0 aromatic carbocycles. The van der Waals surface area contributed by atoms with Crippen LogP contribution >= 0.6 is 0 Å². The summed E-state index contributed by atoms with van der Waals surface area (Å²) in [4.78, 5) is 0. The highest BCUT2D eigenvalue weighted by molar-refractivity contribution is 7.95. The third kappa shape index (κ3) is 6.86. The van der Waals surface area contributed by atoms with Gasteiger partial charge in [0.15, 0.2) is 19.7 Å². The van der Waals surface area contributed by atoms with Gasteiger partial charge < -0.3 is 5.73 Å². The highest BCUT2D eigenvalue weighted by Crippen LogP contribution is 1.99. The van der Waals surface area contributed by atoms with Gasteiger partial charge in [-0.05, 0) is 6.42 Å². The van der Waals surface area contributed by atoms with Gasteiger partial charge in [0.1, 0.15) is 0 Å². The van der Waals surface area contributed by atoms with Crippen molar-refractivity contribution in [3.05, 3.63) is 0 Å². The van der Waals surface area contributed by atoms with Gasteiger partial charge in [-0.1, -0.05) is 13.8 Å². The molecule has 0 aliphatic heterocycles. The van der Waals surface area contributed by atoms with Crippen LogP contribution in [0, 0.1) is 0 Å². The van der Waals surface area contributed by atoms with Crippen LogP contribution in [0.25, 0.3) is 0 Å². The van der Waals surface area contributed by atoms with Crippen molar-refractivity contribution in [1.29, 1.82) is 0 Å². The van der Waals surface area contributed by atoms with Gasteiger partial charge in [0.25, 0.3) is 0 Å². The SMILES string of the molecule is CCC(N)CS(=O)(=O)CCS(=O)(=O)CC. The molecule has 0 fully saturated rings. The Morgan fingerprint density at radius 3 is 1.87 bits per heavy atom. The predicted molar refractivity (Wildman–Crippen MR) is 61.2 cm³/mol. The van der Waals surface area contributed by atoms with Crippen LogP contribution in [0.5, 0.6) is 0 Å². The first kappa shape index (κ1) is 14.9. The fourth-order valence-corrected chi connectivity index (χ4v) is 4.30. The second-order valence-electron chi connectivity index (χ2n) is 3.52. The molecule has 0 aromatic heterocycles. The minimum atomic E-state index is -3.34. The van der Waals surface area contributed by atoms with Crippen LogP contribution in [-0.2, 0) is 19.7 Å². The molecule has 0 aromatic rings. The predicted octanol–water partition coefficient (Wildman–Crippen LogP) is -0.427. The van der Waals surface area contributed by atoms with Gasteiger partial charge in [0, 0.05) is 11.8 Å². The average Bonchev–Trinajstić information content (AvgIpc) is 2.14. The molecule has 1 unspecified atom stereocenters. The Hall–Kier alpha value is -0.140. The van der Waals surface area contributed by atoms with E-state index in [1.807, 2.05) is 0 Å². The van der Waals surface area contributed by atoms with E-state index in [1.54, 1.807) is 6.92 Å². The molecule has 92 valence electrons.